The van der Waals surface area contributed by atoms with Gasteiger partial charge in [0.1, 0.15) is 0 Å². The van der Waals surface area contributed by atoms with Crippen LogP contribution in [-0.2, 0) is 16.0 Å². The fourth-order valence-corrected chi connectivity index (χ4v) is 3.06. The lowest BCUT2D eigenvalue weighted by atomic mass is 9.99. The van der Waals surface area contributed by atoms with Crippen LogP contribution < -0.4 is 5.32 Å². The number of nitrogens with one attached hydrogen (secondary N) is 1. The van der Waals surface area contributed by atoms with E-state index in [0.29, 0.717) is 12.0 Å². The molecule has 0 atom stereocenters. The zero-order valence-electron chi connectivity index (χ0n) is 17.2. The Morgan fingerprint density at radius 3 is 2.17 bits per heavy atom. The van der Waals surface area contributed by atoms with E-state index in [-0.39, 0.29) is 11.7 Å². The van der Waals surface area contributed by atoms with Gasteiger partial charge in [0.25, 0.3) is 0 Å². The Morgan fingerprint density at radius 2 is 1.57 bits per heavy atom. The highest BCUT2D eigenvalue weighted by atomic mass is 16.1. The van der Waals surface area contributed by atoms with E-state index in [4.69, 9.17) is 0 Å². The monoisotopic (exact) mass is 396 g/mol. The Balaban J connectivity index is 1.82. The van der Waals surface area contributed by atoms with Crippen molar-refractivity contribution in [3.8, 4) is 0 Å². The number of anilines is 1. The average Bonchev–Trinajstić information content (AvgIpc) is 2.90. The van der Waals surface area contributed by atoms with Gasteiger partial charge in [-0.2, -0.15) is 0 Å². The number of hydrogen-bond acceptors (Lipinski definition) is 3. The van der Waals surface area contributed by atoms with E-state index in [0.717, 1.165) is 39.2 Å². The van der Waals surface area contributed by atoms with Gasteiger partial charge in [0.15, 0.2) is 5.78 Å². The van der Waals surface area contributed by atoms with E-state index in [1.54, 1.807) is 0 Å². The van der Waals surface area contributed by atoms with Crippen molar-refractivity contribution < 1.29 is 9.59 Å². The summed E-state index contributed by atoms with van der Waals surface area (Å²) in [5.74, 6) is -0.0925. The molecular formula is C26H24N2O2. The molecule has 0 saturated carbocycles. The molecule has 1 heterocycles. The Labute approximate surface area is 177 Å². The highest BCUT2D eigenvalue weighted by Crippen LogP contribution is 2.23. The zero-order valence-corrected chi connectivity index (χ0v) is 17.2. The van der Waals surface area contributed by atoms with E-state index in [1.165, 1.54) is 13.8 Å². The maximum atomic E-state index is 11.4. The lowest BCUT2D eigenvalue weighted by Crippen LogP contribution is -2.06. The molecule has 0 radical (unpaired) electrons. The summed E-state index contributed by atoms with van der Waals surface area (Å²) in [5.41, 5.74) is 6.91. The van der Waals surface area contributed by atoms with Crippen molar-refractivity contribution in [1.29, 1.82) is 0 Å². The summed E-state index contributed by atoms with van der Waals surface area (Å²) in [4.78, 5) is 27.2. The number of nitrogens with zero attached hydrogens (tertiary/aromatic N) is 1. The first-order valence-corrected chi connectivity index (χ1v) is 9.65. The van der Waals surface area contributed by atoms with Crippen molar-refractivity contribution >= 4 is 28.7 Å². The van der Waals surface area contributed by atoms with Crippen molar-refractivity contribution in [2.75, 3.05) is 5.32 Å². The quantitative estimate of drug-likeness (QED) is 0.675. The lowest BCUT2D eigenvalue weighted by molar-refractivity contribution is -0.114. The fraction of sp³-hybridized carbons (Fsp3) is 0.115. The number of amides is 1. The second-order valence-corrected chi connectivity index (χ2v) is 7.21. The molecule has 4 nitrogen and oxygen atoms in total. The molecule has 1 N–H and O–H groups in total. The molecule has 0 aromatic heterocycles. The summed E-state index contributed by atoms with van der Waals surface area (Å²) in [7, 11) is 0. The predicted octanol–water partition coefficient (Wildman–Crippen LogP) is 5.29. The maximum Gasteiger partial charge on any atom is 0.221 e. The third kappa shape index (κ3) is 5.17. The molecule has 1 amide bonds. The Morgan fingerprint density at radius 1 is 0.933 bits per heavy atom. The molecule has 0 aliphatic carbocycles. The first-order valence-electron chi connectivity index (χ1n) is 9.65. The standard InChI is InChI=1S/C26H24N2O2/c1-17-5-8-24(22-9-6-21(7-10-22)15-18(2)19(3)29)16-27-26(17)23-11-13-25(14-12-23)28-20(4)30/h5-14,16H,1-2,15H2,3-4H3,(H,28,30). The summed E-state index contributed by atoms with van der Waals surface area (Å²) in [5, 5.41) is 2.76. The van der Waals surface area contributed by atoms with Crippen LogP contribution >= 0.6 is 0 Å². The van der Waals surface area contributed by atoms with Crippen LogP contribution in [0.1, 0.15) is 30.5 Å². The number of rotatable bonds is 6. The molecule has 0 saturated heterocycles. The van der Waals surface area contributed by atoms with Gasteiger partial charge in [-0.3, -0.25) is 14.6 Å². The molecule has 0 fully saturated rings. The molecule has 2 aromatic carbocycles. The van der Waals surface area contributed by atoms with E-state index in [9.17, 15) is 9.59 Å². The molecule has 4 heteroatoms. The smallest absolute Gasteiger partial charge is 0.221 e. The molecule has 0 spiro atoms. The molecule has 2 aromatic rings. The van der Waals surface area contributed by atoms with Crippen molar-refractivity contribution in [3.05, 3.63) is 108 Å². The summed E-state index contributed by atoms with van der Waals surface area (Å²) >= 11 is 0. The largest absolute Gasteiger partial charge is 0.326 e. The van der Waals surface area contributed by atoms with Gasteiger partial charge in [-0.15, -0.1) is 0 Å². The van der Waals surface area contributed by atoms with E-state index in [1.807, 2.05) is 66.9 Å². The number of benzene rings is 2. The number of carbonyl (C=O) groups is 2. The molecule has 0 unspecified atom stereocenters. The third-order valence-corrected chi connectivity index (χ3v) is 4.78. The van der Waals surface area contributed by atoms with Crippen molar-refractivity contribution in [3.63, 3.8) is 0 Å². The molecule has 1 aliphatic heterocycles. The third-order valence-electron chi connectivity index (χ3n) is 4.78. The van der Waals surface area contributed by atoms with Gasteiger partial charge in [-0.25, -0.2) is 0 Å². The normalized spacial score (nSPS) is 13.2. The number of carbonyl (C=O) groups excluding carboxylic acids is 2. The van der Waals surface area contributed by atoms with Crippen LogP contribution in [0.5, 0.6) is 0 Å². The molecule has 1 aliphatic rings. The predicted molar refractivity (Wildman–Crippen MR) is 124 cm³/mol. The van der Waals surface area contributed by atoms with Gasteiger partial charge in [-0.1, -0.05) is 61.7 Å². The topological polar surface area (TPSA) is 58.5 Å². The number of ketones is 1. The highest BCUT2D eigenvalue weighted by molar-refractivity contribution is 6.15. The first kappa shape index (κ1) is 20.9. The molecule has 3 rings (SSSR count). The number of allylic oxidation sites excluding steroid dienone is 5. The maximum absolute atomic E-state index is 11.4. The van der Waals surface area contributed by atoms with E-state index < -0.39 is 0 Å². The van der Waals surface area contributed by atoms with Crippen molar-refractivity contribution in [1.82, 2.24) is 0 Å². The SMILES string of the molecule is C=C1C=CC(c2ccc(CC(=C)C(C)=O)cc2)=CN=C1c1ccc(NC(C)=O)cc1. The summed E-state index contributed by atoms with van der Waals surface area (Å²) in [6.07, 6.45) is 6.33. The van der Waals surface area contributed by atoms with Crippen LogP contribution in [0.3, 0.4) is 0 Å². The highest BCUT2D eigenvalue weighted by Gasteiger charge is 2.10. The second kappa shape index (κ2) is 9.14. The van der Waals surface area contributed by atoms with Gasteiger partial charge in [0, 0.05) is 30.8 Å². The van der Waals surface area contributed by atoms with Gasteiger partial charge < -0.3 is 5.32 Å². The molecule has 150 valence electrons. The summed E-state index contributed by atoms with van der Waals surface area (Å²) in [6.45, 7) is 11.0. The average molecular weight is 396 g/mol. The van der Waals surface area contributed by atoms with Gasteiger partial charge in [0.05, 0.1) is 5.71 Å². The van der Waals surface area contributed by atoms with Gasteiger partial charge in [0.2, 0.25) is 5.91 Å². The number of aliphatic imine (C=N–C) groups is 1. The van der Waals surface area contributed by atoms with Crippen molar-refractivity contribution in [2.45, 2.75) is 20.3 Å². The minimum atomic E-state index is -0.105. The molecule has 30 heavy (non-hydrogen) atoms. The summed E-state index contributed by atoms with van der Waals surface area (Å²) < 4.78 is 0. The van der Waals surface area contributed by atoms with Crippen LogP contribution in [0, 0.1) is 0 Å². The first-order chi connectivity index (χ1) is 14.3. The van der Waals surface area contributed by atoms with Gasteiger partial charge in [-0.05, 0) is 46.9 Å². The lowest BCUT2D eigenvalue weighted by Gasteiger charge is -2.07. The van der Waals surface area contributed by atoms with Crippen molar-refractivity contribution in [2.24, 2.45) is 4.99 Å². The number of Topliss-reactive ketones (excluding diaryl/α,β-unsaturated/α-hetero) is 1. The summed E-state index contributed by atoms with van der Waals surface area (Å²) in [6, 6.07) is 15.6. The van der Waals surface area contributed by atoms with Crippen LogP contribution in [0.4, 0.5) is 5.69 Å². The Kier molecular flexibility index (Phi) is 6.38. The minimum absolute atomic E-state index is 0.0129. The molecule has 0 bridgehead atoms. The van der Waals surface area contributed by atoms with Crippen LogP contribution in [-0.4, -0.2) is 17.4 Å². The van der Waals surface area contributed by atoms with E-state index >= 15 is 0 Å². The fourth-order valence-electron chi connectivity index (χ4n) is 3.06. The molecular weight excluding hydrogens is 372 g/mol. The second-order valence-electron chi connectivity index (χ2n) is 7.21. The zero-order chi connectivity index (χ0) is 21.7. The number of hydrogen-bond donors (Lipinski definition) is 1. The Bertz CT molecular complexity index is 1100. The van der Waals surface area contributed by atoms with Gasteiger partial charge >= 0.3 is 0 Å². The minimum Gasteiger partial charge on any atom is -0.326 e. The van der Waals surface area contributed by atoms with Crippen LogP contribution in [0.2, 0.25) is 0 Å². The van der Waals surface area contributed by atoms with E-state index in [2.05, 4.69) is 23.5 Å². The van der Waals surface area contributed by atoms with Crippen LogP contribution in [0.25, 0.3) is 5.57 Å². The van der Waals surface area contributed by atoms with Crippen LogP contribution in [0.15, 0.2) is 96.2 Å². The Hall–Kier alpha value is -3.79.